The third-order valence-electron chi connectivity index (χ3n) is 5.68. The maximum absolute atomic E-state index is 14.3. The highest BCUT2D eigenvalue weighted by Crippen LogP contribution is 2.49. The van der Waals surface area contributed by atoms with Gasteiger partial charge in [-0.1, -0.05) is 6.07 Å². The Bertz CT molecular complexity index is 1010. The predicted octanol–water partition coefficient (Wildman–Crippen LogP) is 1.81. The van der Waals surface area contributed by atoms with Gasteiger partial charge in [-0.05, 0) is 42.7 Å². The summed E-state index contributed by atoms with van der Waals surface area (Å²) in [5.74, 6) is -0.183. The number of nitrogens with zero attached hydrogens (tertiary/aromatic N) is 3. The third kappa shape index (κ3) is 2.21. The van der Waals surface area contributed by atoms with E-state index in [0.29, 0.717) is 29.0 Å². The Morgan fingerprint density at radius 2 is 2.21 bits per heavy atom. The van der Waals surface area contributed by atoms with Crippen LogP contribution in [0.15, 0.2) is 41.5 Å². The van der Waals surface area contributed by atoms with Crippen molar-refractivity contribution in [2.45, 2.75) is 30.6 Å². The van der Waals surface area contributed by atoms with E-state index >= 15 is 0 Å². The Kier molecular flexibility index (Phi) is 3.67. The van der Waals surface area contributed by atoms with Gasteiger partial charge in [-0.15, -0.1) is 0 Å². The molecule has 3 aliphatic rings. The van der Waals surface area contributed by atoms with Crippen LogP contribution in [0.3, 0.4) is 0 Å². The van der Waals surface area contributed by atoms with E-state index in [1.54, 1.807) is 37.4 Å². The van der Waals surface area contributed by atoms with E-state index in [0.717, 1.165) is 12.8 Å². The first-order valence-electron chi connectivity index (χ1n) is 9.19. The molecule has 144 valence electrons. The van der Waals surface area contributed by atoms with Gasteiger partial charge in [0.05, 0.1) is 0 Å². The van der Waals surface area contributed by atoms with Gasteiger partial charge < -0.3 is 15.2 Å². The lowest BCUT2D eigenvalue weighted by Crippen LogP contribution is -2.58. The molecular formula is C20H19FN4O3. The number of ether oxygens (including phenoxy) is 2. The minimum atomic E-state index is -1.33. The number of halogens is 1. The third-order valence-corrected chi connectivity index (χ3v) is 5.68. The number of carbonyl (C=O) groups is 1. The number of aromatic nitrogens is 1. The van der Waals surface area contributed by atoms with Gasteiger partial charge >= 0.3 is 0 Å². The van der Waals surface area contributed by atoms with Crippen molar-refractivity contribution >= 4 is 11.9 Å². The van der Waals surface area contributed by atoms with Gasteiger partial charge in [0.1, 0.15) is 18.0 Å². The Morgan fingerprint density at radius 3 is 2.96 bits per heavy atom. The molecular weight excluding hydrogens is 363 g/mol. The highest BCUT2D eigenvalue weighted by atomic mass is 19.1. The number of rotatable bonds is 1. The molecule has 1 aromatic carbocycles. The fourth-order valence-corrected chi connectivity index (χ4v) is 4.30. The fraction of sp³-hybridized carbons (Fsp3) is 0.350. The molecule has 4 heterocycles. The highest BCUT2D eigenvalue weighted by Gasteiger charge is 2.61. The van der Waals surface area contributed by atoms with Crippen LogP contribution in [-0.2, 0) is 15.1 Å². The van der Waals surface area contributed by atoms with Crippen molar-refractivity contribution < 1.29 is 18.7 Å². The smallest absolute Gasteiger partial charge is 0.264 e. The van der Waals surface area contributed by atoms with E-state index in [-0.39, 0.29) is 18.0 Å². The second-order valence-electron chi connectivity index (χ2n) is 7.24. The second kappa shape index (κ2) is 6.00. The number of fused-ring (bicyclic) bond motifs is 4. The van der Waals surface area contributed by atoms with Gasteiger partial charge in [0, 0.05) is 31.0 Å². The summed E-state index contributed by atoms with van der Waals surface area (Å²) < 4.78 is 26.4. The van der Waals surface area contributed by atoms with Crippen LogP contribution in [-0.4, -0.2) is 47.6 Å². The summed E-state index contributed by atoms with van der Waals surface area (Å²) in [6, 6.07) is 8.54. The Hall–Kier alpha value is -3.00. The molecule has 0 unspecified atom stereocenters. The van der Waals surface area contributed by atoms with Crippen molar-refractivity contribution in [2.75, 3.05) is 13.7 Å². The molecule has 0 aliphatic carbocycles. The summed E-state index contributed by atoms with van der Waals surface area (Å²) in [6.07, 6.45) is 2.11. The number of guanidine groups is 1. The number of hydrogen-bond acceptors (Lipinski definition) is 6. The van der Waals surface area contributed by atoms with Crippen molar-refractivity contribution in [3.05, 3.63) is 48.0 Å². The molecule has 5 rings (SSSR count). The van der Waals surface area contributed by atoms with Crippen LogP contribution in [0.1, 0.15) is 18.4 Å². The molecule has 7 nitrogen and oxygen atoms in total. The van der Waals surface area contributed by atoms with Gasteiger partial charge in [-0.2, -0.15) is 4.39 Å². The van der Waals surface area contributed by atoms with E-state index in [9.17, 15) is 9.18 Å². The van der Waals surface area contributed by atoms with Crippen molar-refractivity contribution in [2.24, 2.45) is 10.7 Å². The quantitative estimate of drug-likeness (QED) is 0.760. The lowest BCUT2D eigenvalue weighted by molar-refractivity contribution is -0.151. The van der Waals surface area contributed by atoms with Crippen LogP contribution in [0.4, 0.5) is 4.39 Å². The van der Waals surface area contributed by atoms with E-state index < -0.39 is 17.6 Å². The normalized spacial score (nSPS) is 28.6. The molecule has 2 aromatic rings. The molecule has 0 saturated carbocycles. The van der Waals surface area contributed by atoms with Crippen LogP contribution in [0.5, 0.6) is 5.75 Å². The molecule has 2 N–H and O–H groups in total. The van der Waals surface area contributed by atoms with Crippen molar-refractivity contribution in [1.29, 1.82) is 0 Å². The predicted molar refractivity (Wildman–Crippen MR) is 99.1 cm³/mol. The number of likely N-dealkylation sites (N-methyl/N-ethyl adjacent to an activating group) is 1. The van der Waals surface area contributed by atoms with Crippen LogP contribution < -0.4 is 10.5 Å². The van der Waals surface area contributed by atoms with Gasteiger partial charge in [-0.25, -0.2) is 9.98 Å². The molecule has 0 bridgehead atoms. The number of aliphatic imine (C=N–C) groups is 1. The molecule has 1 amide bonds. The van der Waals surface area contributed by atoms with Crippen LogP contribution >= 0.6 is 0 Å². The molecule has 1 spiro atoms. The van der Waals surface area contributed by atoms with Crippen LogP contribution in [0.25, 0.3) is 11.1 Å². The number of nitrogens with two attached hydrogens (primary N) is 1. The van der Waals surface area contributed by atoms with E-state index in [1.165, 1.54) is 11.1 Å². The maximum atomic E-state index is 14.3. The summed E-state index contributed by atoms with van der Waals surface area (Å²) in [5.41, 5.74) is 6.14. The van der Waals surface area contributed by atoms with Gasteiger partial charge in [0.15, 0.2) is 5.96 Å². The molecule has 1 aromatic heterocycles. The summed E-state index contributed by atoms with van der Waals surface area (Å²) in [6.45, 7) is 0.519. The Balaban J connectivity index is 1.74. The number of benzene rings is 1. The Labute approximate surface area is 161 Å². The average molecular weight is 382 g/mol. The highest BCUT2D eigenvalue weighted by molar-refractivity contribution is 6.08. The van der Waals surface area contributed by atoms with Gasteiger partial charge in [0.25, 0.3) is 5.91 Å². The minimum Gasteiger partial charge on any atom is -0.487 e. The zero-order valence-corrected chi connectivity index (χ0v) is 15.3. The molecule has 3 atom stereocenters. The van der Waals surface area contributed by atoms with E-state index in [1.807, 2.05) is 0 Å². The van der Waals surface area contributed by atoms with E-state index in [4.69, 9.17) is 15.2 Å². The molecule has 1 saturated heterocycles. The fourth-order valence-electron chi connectivity index (χ4n) is 4.30. The lowest BCUT2D eigenvalue weighted by atomic mass is 9.76. The Morgan fingerprint density at radius 1 is 1.36 bits per heavy atom. The van der Waals surface area contributed by atoms with Crippen molar-refractivity contribution in [3.8, 4) is 16.9 Å². The monoisotopic (exact) mass is 382 g/mol. The average Bonchev–Trinajstić information content (AvgIpc) is 2.93. The van der Waals surface area contributed by atoms with Crippen LogP contribution in [0.2, 0.25) is 0 Å². The number of carbonyl (C=O) groups excluding carboxylic acids is 1. The number of amides is 1. The molecule has 1 fully saturated rings. The lowest BCUT2D eigenvalue weighted by Gasteiger charge is -2.45. The SMILES string of the molecule is CN1C(=O)[C@]2(N=C1N)c1cc(-c3cccnc3F)ccc1O[C@H]1CCCO[C@H]12. The largest absolute Gasteiger partial charge is 0.487 e. The summed E-state index contributed by atoms with van der Waals surface area (Å²) in [4.78, 5) is 23.0. The number of pyridine rings is 1. The van der Waals surface area contributed by atoms with Crippen molar-refractivity contribution in [1.82, 2.24) is 9.88 Å². The summed E-state index contributed by atoms with van der Waals surface area (Å²) in [7, 11) is 1.59. The zero-order valence-electron chi connectivity index (χ0n) is 15.3. The maximum Gasteiger partial charge on any atom is 0.264 e. The zero-order chi connectivity index (χ0) is 19.5. The standard InChI is InChI=1S/C20H19FN4O3/c1-25-18(26)20(24-19(25)22)13-10-11(12-4-2-8-23-17(12)21)6-7-14(13)28-15-5-3-9-27-16(15)20/h2,4,6-8,10,15-16H,3,5,9H2,1H3,(H2,22,24)/t15-,16+,20-/m0/s1. The molecule has 3 aliphatic heterocycles. The molecule has 0 radical (unpaired) electrons. The molecule has 8 heteroatoms. The summed E-state index contributed by atoms with van der Waals surface area (Å²) >= 11 is 0. The second-order valence-corrected chi connectivity index (χ2v) is 7.24. The van der Waals surface area contributed by atoms with Crippen LogP contribution in [0, 0.1) is 5.95 Å². The van der Waals surface area contributed by atoms with E-state index in [2.05, 4.69) is 9.98 Å². The van der Waals surface area contributed by atoms with Crippen molar-refractivity contribution in [3.63, 3.8) is 0 Å². The first-order chi connectivity index (χ1) is 13.5. The van der Waals surface area contributed by atoms with Gasteiger partial charge in [-0.3, -0.25) is 9.69 Å². The topological polar surface area (TPSA) is 90.0 Å². The number of hydrogen-bond donors (Lipinski definition) is 1. The summed E-state index contributed by atoms with van der Waals surface area (Å²) in [5, 5.41) is 0. The first-order valence-corrected chi connectivity index (χ1v) is 9.19. The first kappa shape index (κ1) is 17.1. The molecule has 28 heavy (non-hydrogen) atoms. The minimum absolute atomic E-state index is 0.128. The van der Waals surface area contributed by atoms with Gasteiger partial charge in [0.2, 0.25) is 11.5 Å².